The van der Waals surface area contributed by atoms with Crippen molar-refractivity contribution >= 4 is 5.96 Å². The number of hydrogen-bond donors (Lipinski definition) is 2. The van der Waals surface area contributed by atoms with Gasteiger partial charge in [-0.3, -0.25) is 4.99 Å². The highest BCUT2D eigenvalue weighted by Gasteiger charge is 2.13. The molecule has 1 rings (SSSR count). The first-order chi connectivity index (χ1) is 7.50. The normalized spacial score (nSPS) is 12.5. The van der Waals surface area contributed by atoms with Gasteiger partial charge in [0.15, 0.2) is 5.96 Å². The van der Waals surface area contributed by atoms with Crippen LogP contribution in [0.3, 0.4) is 0 Å². The van der Waals surface area contributed by atoms with E-state index < -0.39 is 0 Å². The van der Waals surface area contributed by atoms with Crippen LogP contribution in [-0.4, -0.2) is 31.5 Å². The van der Waals surface area contributed by atoms with Crippen LogP contribution in [0.15, 0.2) is 29.3 Å². The Bertz CT molecular complexity index is 355. The highest BCUT2D eigenvalue weighted by atomic mass is 19.1. The Labute approximate surface area is 94.8 Å². The molecule has 0 saturated carbocycles. The lowest BCUT2D eigenvalue weighted by Crippen LogP contribution is -2.27. The molecule has 0 spiro atoms. The summed E-state index contributed by atoms with van der Waals surface area (Å²) in [6, 6.07) is 6.38. The Hall–Kier alpha value is -1.62. The fourth-order valence-corrected chi connectivity index (χ4v) is 1.44. The van der Waals surface area contributed by atoms with Gasteiger partial charge in [0.2, 0.25) is 0 Å². The monoisotopic (exact) mass is 224 g/mol. The number of halogens is 1. The highest BCUT2D eigenvalue weighted by Crippen LogP contribution is 2.18. The predicted octanol–water partition coefficient (Wildman–Crippen LogP) is 0.702. The van der Waals surface area contributed by atoms with Crippen molar-refractivity contribution < 1.29 is 4.39 Å². The number of aliphatic imine (C=N–C) groups is 1. The van der Waals surface area contributed by atoms with Gasteiger partial charge in [-0.25, -0.2) is 4.39 Å². The lowest BCUT2D eigenvalue weighted by atomic mass is 10.1. The average Bonchev–Trinajstić information content (AvgIpc) is 2.20. The fourth-order valence-electron chi connectivity index (χ4n) is 1.44. The van der Waals surface area contributed by atoms with E-state index >= 15 is 0 Å². The van der Waals surface area contributed by atoms with Crippen molar-refractivity contribution in [3.05, 3.63) is 35.6 Å². The van der Waals surface area contributed by atoms with Crippen molar-refractivity contribution in [1.82, 2.24) is 4.90 Å². The first-order valence-electron chi connectivity index (χ1n) is 4.98. The molecule has 4 N–H and O–H groups in total. The molecule has 0 aliphatic heterocycles. The van der Waals surface area contributed by atoms with Crippen LogP contribution in [0, 0.1) is 5.82 Å². The van der Waals surface area contributed by atoms with E-state index in [4.69, 9.17) is 11.5 Å². The summed E-state index contributed by atoms with van der Waals surface area (Å²) >= 11 is 0. The van der Waals surface area contributed by atoms with Crippen LogP contribution < -0.4 is 11.5 Å². The van der Waals surface area contributed by atoms with Crippen LogP contribution in [-0.2, 0) is 0 Å². The molecule has 0 bridgehead atoms. The maximum Gasteiger partial charge on any atom is 0.185 e. The summed E-state index contributed by atoms with van der Waals surface area (Å²) in [4.78, 5) is 5.97. The Kier molecular flexibility index (Phi) is 4.25. The first-order valence-corrected chi connectivity index (χ1v) is 4.98. The molecule has 88 valence electrons. The second kappa shape index (κ2) is 5.46. The molecular weight excluding hydrogens is 207 g/mol. The van der Waals surface area contributed by atoms with E-state index in [1.54, 1.807) is 12.1 Å². The minimum absolute atomic E-state index is 0.0442. The summed E-state index contributed by atoms with van der Waals surface area (Å²) in [6.07, 6.45) is 0. The summed E-state index contributed by atoms with van der Waals surface area (Å²) in [5, 5.41) is 0. The standard InChI is InChI=1S/C11H17FN4/c1-16(2)10(7-15-11(13)14)8-3-5-9(12)6-4-8/h3-6,10H,7H2,1-2H3,(H4,13,14,15). The predicted molar refractivity (Wildman–Crippen MR) is 63.5 cm³/mol. The summed E-state index contributed by atoms with van der Waals surface area (Å²) in [5.74, 6) is -0.183. The minimum atomic E-state index is -0.247. The largest absolute Gasteiger partial charge is 0.370 e. The van der Waals surface area contributed by atoms with Gasteiger partial charge in [0.05, 0.1) is 12.6 Å². The van der Waals surface area contributed by atoms with Crippen molar-refractivity contribution in [2.75, 3.05) is 20.6 Å². The van der Waals surface area contributed by atoms with Gasteiger partial charge in [0, 0.05) is 0 Å². The number of likely N-dealkylation sites (N-methyl/N-ethyl adjacent to an activating group) is 1. The van der Waals surface area contributed by atoms with E-state index in [2.05, 4.69) is 4.99 Å². The molecule has 1 unspecified atom stereocenters. The molecule has 0 saturated heterocycles. The third kappa shape index (κ3) is 3.51. The molecule has 0 heterocycles. The quantitative estimate of drug-likeness (QED) is 0.584. The molecule has 1 atom stereocenters. The number of hydrogen-bond acceptors (Lipinski definition) is 2. The number of nitrogens with zero attached hydrogens (tertiary/aromatic N) is 2. The van der Waals surface area contributed by atoms with Gasteiger partial charge in [-0.15, -0.1) is 0 Å². The summed E-state index contributed by atoms with van der Waals surface area (Å²) in [5.41, 5.74) is 11.6. The molecule has 5 heteroatoms. The molecule has 1 aromatic carbocycles. The van der Waals surface area contributed by atoms with E-state index in [1.807, 2.05) is 19.0 Å². The zero-order valence-corrected chi connectivity index (χ0v) is 9.52. The van der Waals surface area contributed by atoms with E-state index in [0.29, 0.717) is 6.54 Å². The second-order valence-electron chi connectivity index (χ2n) is 3.80. The van der Waals surface area contributed by atoms with Crippen molar-refractivity contribution in [1.29, 1.82) is 0 Å². The second-order valence-corrected chi connectivity index (χ2v) is 3.80. The van der Waals surface area contributed by atoms with Crippen LogP contribution in [0.2, 0.25) is 0 Å². The Morgan fingerprint density at radius 1 is 1.31 bits per heavy atom. The van der Waals surface area contributed by atoms with Gasteiger partial charge in [-0.1, -0.05) is 12.1 Å². The van der Waals surface area contributed by atoms with E-state index in [9.17, 15) is 4.39 Å². The van der Waals surface area contributed by atoms with Crippen molar-refractivity contribution in [3.63, 3.8) is 0 Å². The Morgan fingerprint density at radius 2 is 1.88 bits per heavy atom. The van der Waals surface area contributed by atoms with Gasteiger partial charge in [-0.2, -0.15) is 0 Å². The smallest absolute Gasteiger partial charge is 0.185 e. The molecule has 0 aliphatic rings. The lowest BCUT2D eigenvalue weighted by molar-refractivity contribution is 0.306. The molecule has 16 heavy (non-hydrogen) atoms. The zero-order valence-electron chi connectivity index (χ0n) is 9.52. The SMILES string of the molecule is CN(C)C(CN=C(N)N)c1ccc(F)cc1. The topological polar surface area (TPSA) is 67.6 Å². The molecule has 0 aromatic heterocycles. The fraction of sp³-hybridized carbons (Fsp3) is 0.364. The number of rotatable bonds is 4. The molecule has 0 radical (unpaired) electrons. The summed E-state index contributed by atoms with van der Waals surface area (Å²) in [6.45, 7) is 0.459. The van der Waals surface area contributed by atoms with Crippen LogP contribution in [0.25, 0.3) is 0 Å². The summed E-state index contributed by atoms with van der Waals surface area (Å²) in [7, 11) is 3.85. The maximum atomic E-state index is 12.8. The molecule has 0 fully saturated rings. The Morgan fingerprint density at radius 3 is 2.31 bits per heavy atom. The molecular formula is C11H17FN4. The number of benzene rings is 1. The first kappa shape index (κ1) is 12.4. The average molecular weight is 224 g/mol. The molecule has 1 aromatic rings. The highest BCUT2D eigenvalue weighted by molar-refractivity contribution is 5.75. The van der Waals surface area contributed by atoms with Crippen LogP contribution in [0.5, 0.6) is 0 Å². The van der Waals surface area contributed by atoms with Crippen LogP contribution in [0.4, 0.5) is 4.39 Å². The maximum absolute atomic E-state index is 12.8. The summed E-state index contributed by atoms with van der Waals surface area (Å²) < 4.78 is 12.8. The van der Waals surface area contributed by atoms with Crippen molar-refractivity contribution in [3.8, 4) is 0 Å². The van der Waals surface area contributed by atoms with Gasteiger partial charge < -0.3 is 16.4 Å². The third-order valence-electron chi connectivity index (χ3n) is 2.32. The van der Waals surface area contributed by atoms with Crippen molar-refractivity contribution in [2.45, 2.75) is 6.04 Å². The molecule has 0 aliphatic carbocycles. The zero-order chi connectivity index (χ0) is 12.1. The minimum Gasteiger partial charge on any atom is -0.370 e. The lowest BCUT2D eigenvalue weighted by Gasteiger charge is -2.23. The number of nitrogens with two attached hydrogens (primary N) is 2. The number of guanidine groups is 1. The van der Waals surface area contributed by atoms with E-state index in [-0.39, 0.29) is 17.8 Å². The third-order valence-corrected chi connectivity index (χ3v) is 2.32. The molecule has 4 nitrogen and oxygen atoms in total. The van der Waals surface area contributed by atoms with E-state index in [0.717, 1.165) is 5.56 Å². The van der Waals surface area contributed by atoms with E-state index in [1.165, 1.54) is 12.1 Å². The van der Waals surface area contributed by atoms with Gasteiger partial charge in [0.25, 0.3) is 0 Å². The van der Waals surface area contributed by atoms with Crippen LogP contribution >= 0.6 is 0 Å². The molecule has 0 amide bonds. The van der Waals surface area contributed by atoms with Crippen molar-refractivity contribution in [2.24, 2.45) is 16.5 Å². The van der Waals surface area contributed by atoms with Gasteiger partial charge in [0.1, 0.15) is 5.82 Å². The Balaban J connectivity index is 2.85. The van der Waals surface area contributed by atoms with Gasteiger partial charge >= 0.3 is 0 Å². The van der Waals surface area contributed by atoms with Gasteiger partial charge in [-0.05, 0) is 31.8 Å². The van der Waals surface area contributed by atoms with Crippen LogP contribution in [0.1, 0.15) is 11.6 Å².